The van der Waals surface area contributed by atoms with Gasteiger partial charge in [0.1, 0.15) is 24.4 Å². The van der Waals surface area contributed by atoms with Crippen LogP contribution in [-0.2, 0) is 23.7 Å². The Morgan fingerprint density at radius 2 is 1.29 bits per heavy atom. The van der Waals surface area contributed by atoms with E-state index in [-0.39, 0.29) is 31.6 Å². The maximum absolute atomic E-state index is 12.7. The molecule has 21 nitrogen and oxygen atoms in total. The molecule has 21 heteroatoms. The van der Waals surface area contributed by atoms with Crippen LogP contribution in [0.15, 0.2) is 90.1 Å². The Labute approximate surface area is 410 Å². The number of carbonyl (C=O) groups is 2. The van der Waals surface area contributed by atoms with Crippen LogP contribution >= 0.6 is 0 Å². The van der Waals surface area contributed by atoms with Crippen LogP contribution < -0.4 is 22.1 Å². The highest BCUT2D eigenvalue weighted by molar-refractivity contribution is 5.76. The number of esters is 1. The molecule has 0 spiro atoms. The Hall–Kier alpha value is -4.33. The predicted molar refractivity (Wildman–Crippen MR) is 259 cm³/mol. The van der Waals surface area contributed by atoms with Gasteiger partial charge in [0.05, 0.1) is 73.5 Å². The van der Waals surface area contributed by atoms with Crippen LogP contribution in [0.25, 0.3) is 0 Å². The van der Waals surface area contributed by atoms with Gasteiger partial charge in [0, 0.05) is 44.6 Å². The molecule has 0 aliphatic carbocycles. The van der Waals surface area contributed by atoms with Crippen LogP contribution in [-0.4, -0.2) is 180 Å². The van der Waals surface area contributed by atoms with Crippen molar-refractivity contribution in [3.63, 3.8) is 0 Å². The molecule has 396 valence electrons. The van der Waals surface area contributed by atoms with Crippen molar-refractivity contribution in [3.8, 4) is 0 Å². The van der Waals surface area contributed by atoms with Crippen molar-refractivity contribution < 1.29 is 79.6 Å². The first kappa shape index (κ1) is 60.0. The summed E-state index contributed by atoms with van der Waals surface area (Å²) in [5.41, 5.74) is 11.2. The second-order valence-electron chi connectivity index (χ2n) is 18.4. The maximum atomic E-state index is 12.7. The Balaban J connectivity index is 1.93. The van der Waals surface area contributed by atoms with Gasteiger partial charge in [0.15, 0.2) is 18.0 Å². The minimum atomic E-state index is -2.26. The third-order valence-corrected chi connectivity index (χ3v) is 12.5. The number of amides is 2. The van der Waals surface area contributed by atoms with Gasteiger partial charge in [-0.25, -0.2) is 9.79 Å². The first-order valence-corrected chi connectivity index (χ1v) is 23.8. The number of nitrogens with one attached hydrogen (secondary N) is 2. The molecule has 3 rings (SSSR count). The SMILES string of the molecule is CNC(=O)N[C@H]1[C@@H]2C[C@@H](O[C@@H]3O[C@H](C)[C@@H](O)[C@H](N=C(N)N)[C@@H]3O)/C=C/C=C/C=C/C=C/C=C/C=C/C=C/[C@H](C)C(O)[C@@H](C)[C@H](C)OC(=O)C[C@H](O)C[C@H](O)CC[C@@H](O)[C@H](O)C[C@H](O)C[C@](O)(C[C@@H]1O)O2. The van der Waals surface area contributed by atoms with Gasteiger partial charge in [0.2, 0.25) is 0 Å². The van der Waals surface area contributed by atoms with Crippen LogP contribution in [0.3, 0.4) is 0 Å². The lowest BCUT2D eigenvalue weighted by atomic mass is 9.87. The van der Waals surface area contributed by atoms with Crippen molar-refractivity contribution in [3.05, 3.63) is 85.1 Å². The molecular formula is C49H79N5O16. The number of nitrogens with zero attached hydrogens (tertiary/aromatic N) is 1. The topological polar surface area (TPSA) is 362 Å². The van der Waals surface area contributed by atoms with Gasteiger partial charge in [0.25, 0.3) is 0 Å². The van der Waals surface area contributed by atoms with Crippen LogP contribution in [0.4, 0.5) is 4.79 Å². The molecular weight excluding hydrogens is 915 g/mol. The standard InChI is InChI=1S/C49H79N5O16/c1-28-18-16-14-12-10-8-6-7-9-11-13-15-17-19-35(69-46-45(64)42(53-47(50)51)44(63)31(4)68-46)25-39-41(54-48(65)52-5)38(60)27-49(66,70-39)26-34(57)23-37(59)36(58)21-20-32(55)22-33(56)24-40(61)67-30(3)29(2)43(28)62/h6-19,28-39,41-46,55-60,62-64,66H,20-27H2,1-5H3,(H4,50,51,53)(H2,52,54,65)/b7-6+,10-8+,11-9+,14-12+,15-13+,18-16+,19-17+/t28-,29-,30-,31+,32+,33+,34-,35-,36+,37+,38-,39-,41+,42-,43?,44+,45-,46-,49+/m0/s1. The van der Waals surface area contributed by atoms with Crippen molar-refractivity contribution in [2.45, 2.75) is 183 Å². The van der Waals surface area contributed by atoms with E-state index in [0.717, 1.165) is 0 Å². The number of fused-ring (bicyclic) bond motifs is 2. The second kappa shape index (κ2) is 29.9. The molecule has 19 atom stereocenters. The number of aliphatic imine (C=N–C) groups is 1. The average Bonchev–Trinajstić information content (AvgIpc) is 3.28. The van der Waals surface area contributed by atoms with Gasteiger partial charge in [-0.3, -0.25) is 4.79 Å². The summed E-state index contributed by atoms with van der Waals surface area (Å²) in [7, 11) is 1.36. The maximum Gasteiger partial charge on any atom is 0.314 e. The third-order valence-electron chi connectivity index (χ3n) is 12.5. The highest BCUT2D eigenvalue weighted by Gasteiger charge is 2.49. The molecule has 0 radical (unpaired) electrons. The number of nitrogens with two attached hydrogens (primary N) is 2. The molecule has 0 saturated carbocycles. The van der Waals surface area contributed by atoms with E-state index in [2.05, 4.69) is 15.6 Å². The van der Waals surface area contributed by atoms with Crippen LogP contribution in [0.5, 0.6) is 0 Å². The summed E-state index contributed by atoms with van der Waals surface area (Å²) in [5, 5.41) is 115. The molecule has 3 aliphatic heterocycles. The van der Waals surface area contributed by atoms with Crippen LogP contribution in [0.2, 0.25) is 0 Å². The minimum Gasteiger partial charge on any atom is -0.462 e. The zero-order valence-electron chi connectivity index (χ0n) is 40.7. The lowest BCUT2D eigenvalue weighted by Crippen LogP contribution is -2.63. The summed E-state index contributed by atoms with van der Waals surface area (Å²) < 4.78 is 23.7. The Kier molecular flexibility index (Phi) is 25.6. The summed E-state index contributed by atoms with van der Waals surface area (Å²) in [6.45, 7) is 6.75. The summed E-state index contributed by atoms with van der Waals surface area (Å²) in [6.07, 6.45) is 4.19. The molecule has 0 aromatic heterocycles. The van der Waals surface area contributed by atoms with Crippen molar-refractivity contribution in [1.29, 1.82) is 0 Å². The van der Waals surface area contributed by atoms with Crippen molar-refractivity contribution in [2.24, 2.45) is 28.3 Å². The fourth-order valence-corrected chi connectivity index (χ4v) is 8.33. The van der Waals surface area contributed by atoms with E-state index in [0.29, 0.717) is 0 Å². The number of cyclic esters (lactones) is 1. The lowest BCUT2D eigenvalue weighted by molar-refractivity contribution is -0.302. The predicted octanol–water partition coefficient (Wildman–Crippen LogP) is -0.377. The Morgan fingerprint density at radius 1 is 0.700 bits per heavy atom. The smallest absolute Gasteiger partial charge is 0.314 e. The number of aliphatic hydroxyl groups is 10. The van der Waals surface area contributed by atoms with Crippen LogP contribution in [0, 0.1) is 11.8 Å². The largest absolute Gasteiger partial charge is 0.462 e. The number of rotatable bonds is 4. The first-order valence-electron chi connectivity index (χ1n) is 23.8. The number of aliphatic hydroxyl groups excluding tert-OH is 9. The van der Waals surface area contributed by atoms with Gasteiger partial charge in [-0.15, -0.1) is 0 Å². The molecule has 3 heterocycles. The van der Waals surface area contributed by atoms with E-state index < -0.39 is 153 Å². The van der Waals surface area contributed by atoms with Gasteiger partial charge in [-0.1, -0.05) is 98.9 Å². The van der Waals surface area contributed by atoms with Gasteiger partial charge < -0.3 is 92.1 Å². The fraction of sp³-hybridized carbons (Fsp3) is 0.653. The number of allylic oxidation sites excluding steroid dienone is 12. The summed E-state index contributed by atoms with van der Waals surface area (Å²) >= 11 is 0. The monoisotopic (exact) mass is 994 g/mol. The molecule has 16 N–H and O–H groups in total. The fourth-order valence-electron chi connectivity index (χ4n) is 8.33. The number of hydrogen-bond donors (Lipinski definition) is 14. The molecule has 2 amide bonds. The molecule has 0 aromatic rings. The molecule has 0 aromatic carbocycles. The summed E-state index contributed by atoms with van der Waals surface area (Å²) in [4.78, 5) is 29.3. The molecule has 2 bridgehead atoms. The molecule has 2 saturated heterocycles. The van der Waals surface area contributed by atoms with E-state index in [1.54, 1.807) is 68.5 Å². The third kappa shape index (κ3) is 20.4. The van der Waals surface area contributed by atoms with Gasteiger partial charge in [-0.05, 0) is 33.1 Å². The van der Waals surface area contributed by atoms with Crippen molar-refractivity contribution in [1.82, 2.24) is 10.6 Å². The van der Waals surface area contributed by atoms with Gasteiger partial charge in [-0.2, -0.15) is 0 Å². The number of ether oxygens (including phenoxy) is 4. The van der Waals surface area contributed by atoms with E-state index in [9.17, 15) is 60.7 Å². The summed E-state index contributed by atoms with van der Waals surface area (Å²) in [5.74, 6) is -4.13. The van der Waals surface area contributed by atoms with Crippen LogP contribution in [0.1, 0.15) is 79.1 Å². The van der Waals surface area contributed by atoms with Crippen molar-refractivity contribution in [2.75, 3.05) is 7.05 Å². The molecule has 1 unspecified atom stereocenters. The quantitative estimate of drug-likeness (QED) is 0.0970. The zero-order chi connectivity index (χ0) is 52.1. The Morgan fingerprint density at radius 3 is 1.87 bits per heavy atom. The number of urea groups is 1. The van der Waals surface area contributed by atoms with E-state index >= 15 is 0 Å². The lowest BCUT2D eigenvalue weighted by Gasteiger charge is -2.46. The van der Waals surface area contributed by atoms with E-state index in [1.807, 2.05) is 37.3 Å². The van der Waals surface area contributed by atoms with Gasteiger partial charge >= 0.3 is 12.0 Å². The highest BCUT2D eigenvalue weighted by atomic mass is 16.7. The summed E-state index contributed by atoms with van der Waals surface area (Å²) in [6, 6.07) is -3.10. The normalized spacial score (nSPS) is 42.9. The molecule has 70 heavy (non-hydrogen) atoms. The first-order chi connectivity index (χ1) is 33.0. The van der Waals surface area contributed by atoms with Crippen molar-refractivity contribution >= 4 is 18.0 Å². The average molecular weight is 994 g/mol. The number of guanidine groups is 1. The minimum absolute atomic E-state index is 0.101. The molecule has 3 aliphatic rings. The number of carbonyl (C=O) groups excluding carboxylic acids is 2. The van der Waals surface area contributed by atoms with E-state index in [1.165, 1.54) is 14.0 Å². The Bertz CT molecular complexity index is 1840. The number of hydrogen-bond acceptors (Lipinski definition) is 17. The highest BCUT2D eigenvalue weighted by Crippen LogP contribution is 2.35. The zero-order valence-corrected chi connectivity index (χ0v) is 40.7. The molecule has 2 fully saturated rings. The second-order valence-corrected chi connectivity index (χ2v) is 18.4. The van der Waals surface area contributed by atoms with E-state index in [4.69, 9.17) is 30.4 Å².